The molecule has 1 atom stereocenters. The number of nitrogens with zero attached hydrogens (tertiary/aromatic N) is 1. The quantitative estimate of drug-likeness (QED) is 0.608. The lowest BCUT2D eigenvalue weighted by Crippen LogP contribution is -2.43. The van der Waals surface area contributed by atoms with E-state index in [0.29, 0.717) is 30.8 Å². The van der Waals surface area contributed by atoms with Gasteiger partial charge < -0.3 is 14.8 Å². The first kappa shape index (κ1) is 24.0. The Labute approximate surface area is 192 Å². The van der Waals surface area contributed by atoms with E-state index in [1.54, 1.807) is 25.1 Å². The van der Waals surface area contributed by atoms with Crippen molar-refractivity contribution in [2.45, 2.75) is 24.7 Å². The first-order valence-corrected chi connectivity index (χ1v) is 12.0. The summed E-state index contributed by atoms with van der Waals surface area (Å²) in [4.78, 5) is 25.0. The van der Waals surface area contributed by atoms with Crippen LogP contribution in [0.3, 0.4) is 0 Å². The molecule has 32 heavy (non-hydrogen) atoms. The van der Waals surface area contributed by atoms with Crippen LogP contribution in [0.25, 0.3) is 0 Å². The van der Waals surface area contributed by atoms with Crippen LogP contribution in [0, 0.1) is 5.92 Å². The van der Waals surface area contributed by atoms with Gasteiger partial charge in [-0.05, 0) is 62.2 Å². The van der Waals surface area contributed by atoms with Crippen molar-refractivity contribution in [1.29, 1.82) is 0 Å². The third kappa shape index (κ3) is 5.40. The van der Waals surface area contributed by atoms with Crippen molar-refractivity contribution in [2.24, 2.45) is 5.92 Å². The van der Waals surface area contributed by atoms with Crippen LogP contribution < -0.4 is 10.1 Å². The Balaban J connectivity index is 1.71. The average Bonchev–Trinajstić information content (AvgIpc) is 2.80. The zero-order valence-corrected chi connectivity index (χ0v) is 19.4. The molecule has 2 aromatic carbocycles. The van der Waals surface area contributed by atoms with E-state index < -0.39 is 21.9 Å². The summed E-state index contributed by atoms with van der Waals surface area (Å²) >= 11 is 6.06. The number of hydrogen-bond donors (Lipinski definition) is 1. The van der Waals surface area contributed by atoms with E-state index in [0.717, 1.165) is 0 Å². The van der Waals surface area contributed by atoms with Crippen molar-refractivity contribution in [3.05, 3.63) is 53.1 Å². The number of halogens is 1. The number of benzene rings is 2. The molecule has 0 spiro atoms. The summed E-state index contributed by atoms with van der Waals surface area (Å²) in [5.41, 5.74) is 0.538. The highest BCUT2D eigenvalue weighted by Crippen LogP contribution is 2.27. The third-order valence-electron chi connectivity index (χ3n) is 5.18. The van der Waals surface area contributed by atoms with Gasteiger partial charge in [0.05, 0.1) is 35.1 Å². The molecule has 1 aliphatic heterocycles. The van der Waals surface area contributed by atoms with Crippen LogP contribution in [0.5, 0.6) is 5.75 Å². The smallest absolute Gasteiger partial charge is 0.339 e. The van der Waals surface area contributed by atoms with Gasteiger partial charge in [0.2, 0.25) is 15.9 Å². The largest absolute Gasteiger partial charge is 0.497 e. The van der Waals surface area contributed by atoms with Crippen LogP contribution in [0.2, 0.25) is 5.02 Å². The molecule has 2 aromatic rings. The topological polar surface area (TPSA) is 102 Å². The Morgan fingerprint density at radius 2 is 1.91 bits per heavy atom. The molecule has 1 amide bonds. The van der Waals surface area contributed by atoms with Crippen molar-refractivity contribution >= 4 is 39.2 Å². The normalized spacial score (nSPS) is 16.9. The molecule has 8 nitrogen and oxygen atoms in total. The molecule has 1 heterocycles. The van der Waals surface area contributed by atoms with Crippen molar-refractivity contribution in [1.82, 2.24) is 4.31 Å². The van der Waals surface area contributed by atoms with Crippen LogP contribution in [0.4, 0.5) is 5.69 Å². The number of carbonyl (C=O) groups is 2. The van der Waals surface area contributed by atoms with Crippen molar-refractivity contribution in [3.8, 4) is 5.75 Å². The van der Waals surface area contributed by atoms with E-state index in [9.17, 15) is 18.0 Å². The van der Waals surface area contributed by atoms with E-state index in [2.05, 4.69) is 5.32 Å². The minimum absolute atomic E-state index is 0.0680. The number of nitrogens with one attached hydrogen (secondary N) is 1. The molecular weight excluding hydrogens is 456 g/mol. The number of amides is 1. The summed E-state index contributed by atoms with van der Waals surface area (Å²) in [5, 5.41) is 2.98. The SMILES string of the molecule is CCOC(=O)c1cc(NC(=O)[C@@H]2CCCN(S(=O)(=O)c3ccc(OC)cc3)C2)ccc1Cl. The summed E-state index contributed by atoms with van der Waals surface area (Å²) in [6, 6.07) is 10.7. The number of piperidine rings is 1. The zero-order valence-electron chi connectivity index (χ0n) is 17.8. The maximum Gasteiger partial charge on any atom is 0.339 e. The lowest BCUT2D eigenvalue weighted by Gasteiger charge is -2.31. The van der Waals surface area contributed by atoms with Gasteiger partial charge in [0.15, 0.2) is 0 Å². The molecule has 3 rings (SSSR count). The van der Waals surface area contributed by atoms with Crippen LogP contribution >= 0.6 is 11.6 Å². The lowest BCUT2D eigenvalue weighted by atomic mass is 9.98. The van der Waals surface area contributed by atoms with Crippen LogP contribution in [0.1, 0.15) is 30.1 Å². The first-order chi connectivity index (χ1) is 15.3. The molecule has 0 aliphatic carbocycles. The van der Waals surface area contributed by atoms with E-state index in [-0.39, 0.29) is 34.5 Å². The molecule has 0 unspecified atom stereocenters. The molecule has 1 fully saturated rings. The average molecular weight is 481 g/mol. The van der Waals surface area contributed by atoms with Crippen molar-refractivity contribution < 1.29 is 27.5 Å². The van der Waals surface area contributed by atoms with Crippen molar-refractivity contribution in [2.75, 3.05) is 32.1 Å². The second kappa shape index (κ2) is 10.3. The predicted octanol–water partition coefficient (Wildman–Crippen LogP) is 3.56. The number of rotatable bonds is 7. The summed E-state index contributed by atoms with van der Waals surface area (Å²) < 4.78 is 37.4. The van der Waals surface area contributed by atoms with Gasteiger partial charge in [-0.25, -0.2) is 13.2 Å². The molecule has 0 radical (unpaired) electrons. The molecule has 1 aliphatic rings. The summed E-state index contributed by atoms with van der Waals surface area (Å²) in [5.74, 6) is -0.872. The number of methoxy groups -OCH3 is 1. The molecule has 0 bridgehead atoms. The van der Waals surface area contributed by atoms with Gasteiger partial charge in [-0.1, -0.05) is 11.6 Å². The molecule has 0 saturated carbocycles. The molecule has 1 saturated heterocycles. The Kier molecular flexibility index (Phi) is 7.76. The zero-order chi connectivity index (χ0) is 23.3. The van der Waals surface area contributed by atoms with Gasteiger partial charge in [-0.15, -0.1) is 0 Å². The second-order valence-electron chi connectivity index (χ2n) is 7.28. The number of carbonyl (C=O) groups excluding carboxylic acids is 2. The minimum Gasteiger partial charge on any atom is -0.497 e. The summed E-state index contributed by atoms with van der Waals surface area (Å²) in [6.07, 6.45) is 1.11. The molecule has 1 N–H and O–H groups in total. The Hall–Kier alpha value is -2.62. The minimum atomic E-state index is -3.74. The van der Waals surface area contributed by atoms with Gasteiger partial charge in [-0.2, -0.15) is 4.31 Å². The number of esters is 1. The second-order valence-corrected chi connectivity index (χ2v) is 9.63. The maximum absolute atomic E-state index is 13.0. The van der Waals surface area contributed by atoms with E-state index in [1.807, 2.05) is 0 Å². The van der Waals surface area contributed by atoms with Crippen molar-refractivity contribution in [3.63, 3.8) is 0 Å². The maximum atomic E-state index is 13.0. The Bertz CT molecular complexity index is 1090. The van der Waals surface area contributed by atoms with Gasteiger partial charge in [-0.3, -0.25) is 4.79 Å². The number of sulfonamides is 1. The highest BCUT2D eigenvalue weighted by atomic mass is 35.5. The van der Waals surface area contributed by atoms with Crippen LogP contribution in [-0.4, -0.2) is 51.4 Å². The fourth-order valence-electron chi connectivity index (χ4n) is 3.48. The van der Waals surface area contributed by atoms with Gasteiger partial charge in [0, 0.05) is 18.8 Å². The standard InChI is InChI=1S/C22H25ClN2O6S/c1-3-31-22(27)19-13-16(6-11-20(19)23)24-21(26)15-5-4-12-25(14-15)32(28,29)18-9-7-17(30-2)8-10-18/h6-11,13,15H,3-5,12,14H2,1-2H3,(H,24,26)/t15-/m1/s1. The number of ether oxygens (including phenoxy) is 2. The van der Waals surface area contributed by atoms with E-state index in [1.165, 1.54) is 35.7 Å². The fraction of sp³-hybridized carbons (Fsp3) is 0.364. The molecule has 0 aromatic heterocycles. The number of anilines is 1. The highest BCUT2D eigenvalue weighted by Gasteiger charge is 2.33. The molecular formula is C22H25ClN2O6S. The summed E-state index contributed by atoms with van der Waals surface area (Å²) in [6.45, 7) is 2.29. The third-order valence-corrected chi connectivity index (χ3v) is 7.39. The Morgan fingerprint density at radius 3 is 2.56 bits per heavy atom. The van der Waals surface area contributed by atoms with E-state index in [4.69, 9.17) is 21.1 Å². The Morgan fingerprint density at radius 1 is 1.19 bits per heavy atom. The monoisotopic (exact) mass is 480 g/mol. The fourth-order valence-corrected chi connectivity index (χ4v) is 5.20. The molecule has 10 heteroatoms. The van der Waals surface area contributed by atoms with Gasteiger partial charge >= 0.3 is 5.97 Å². The lowest BCUT2D eigenvalue weighted by molar-refractivity contribution is -0.120. The van der Waals surface area contributed by atoms with E-state index >= 15 is 0 Å². The molecule has 172 valence electrons. The number of hydrogen-bond acceptors (Lipinski definition) is 6. The van der Waals surface area contributed by atoms with Crippen LogP contribution in [0.15, 0.2) is 47.4 Å². The van der Waals surface area contributed by atoms with Gasteiger partial charge in [0.1, 0.15) is 5.75 Å². The van der Waals surface area contributed by atoms with Crippen LogP contribution in [-0.2, 0) is 19.6 Å². The predicted molar refractivity (Wildman–Crippen MR) is 121 cm³/mol. The highest BCUT2D eigenvalue weighted by molar-refractivity contribution is 7.89. The summed E-state index contributed by atoms with van der Waals surface area (Å²) in [7, 11) is -2.23. The first-order valence-electron chi connectivity index (χ1n) is 10.2. The van der Waals surface area contributed by atoms with Gasteiger partial charge in [0.25, 0.3) is 0 Å².